The molecule has 1 atom stereocenters. The molecular formula is C27H38N4O4S. The molecule has 0 spiro atoms. The van der Waals surface area contributed by atoms with Crippen LogP contribution in [0.25, 0.3) is 0 Å². The Balaban J connectivity index is 1.81. The van der Waals surface area contributed by atoms with Crippen LogP contribution in [0.1, 0.15) is 52.2 Å². The van der Waals surface area contributed by atoms with Crippen LogP contribution < -0.4 is 19.8 Å². The highest BCUT2D eigenvalue weighted by Gasteiger charge is 2.29. The number of rotatable bonds is 10. The van der Waals surface area contributed by atoms with Gasteiger partial charge in [-0.1, -0.05) is 13.8 Å². The second kappa shape index (κ2) is 11.4. The van der Waals surface area contributed by atoms with Crippen molar-refractivity contribution in [2.24, 2.45) is 5.92 Å². The third kappa shape index (κ3) is 6.25. The minimum Gasteiger partial charge on any atom is -0.372 e. The van der Waals surface area contributed by atoms with Crippen LogP contribution in [0, 0.1) is 12.8 Å². The number of amides is 2. The van der Waals surface area contributed by atoms with E-state index in [0.29, 0.717) is 25.1 Å². The molecular weight excluding hydrogens is 476 g/mol. The Morgan fingerprint density at radius 2 is 1.78 bits per heavy atom. The maximum absolute atomic E-state index is 13.3. The quantitative estimate of drug-likeness (QED) is 0.498. The maximum atomic E-state index is 13.3. The van der Waals surface area contributed by atoms with E-state index in [4.69, 9.17) is 0 Å². The first-order chi connectivity index (χ1) is 17.0. The lowest BCUT2D eigenvalue weighted by Crippen LogP contribution is -2.44. The zero-order chi connectivity index (χ0) is 26.6. The lowest BCUT2D eigenvalue weighted by Gasteiger charge is -2.23. The predicted molar refractivity (Wildman–Crippen MR) is 145 cm³/mol. The highest BCUT2D eigenvalue weighted by Crippen LogP contribution is 2.30. The molecule has 1 aliphatic rings. The fraction of sp³-hybridized carbons (Fsp3) is 0.481. The zero-order valence-corrected chi connectivity index (χ0v) is 22.9. The number of fused-ring (bicyclic) bond motifs is 1. The smallest absolute Gasteiger partial charge is 0.242 e. The number of aryl methyl sites for hydroxylation is 1. The summed E-state index contributed by atoms with van der Waals surface area (Å²) in [6.45, 7) is 13.8. The second-order valence-electron chi connectivity index (χ2n) is 9.68. The highest BCUT2D eigenvalue weighted by molar-refractivity contribution is 7.89. The standard InChI is InChI=1S/C27H38N4O4S/c1-7-30(8-2)22-9-11-24(19(5)16-22)28-27(33)25(15-18(3)4)29-36(34,35)23-10-12-26-21(17-23)13-14-31(26)20(6)32/h9-12,16-18,25,29H,7-8,13-15H2,1-6H3,(H,28,33). The van der Waals surface area contributed by atoms with Gasteiger partial charge in [0.2, 0.25) is 21.8 Å². The minimum atomic E-state index is -3.96. The Kier molecular flexibility index (Phi) is 8.79. The second-order valence-corrected chi connectivity index (χ2v) is 11.4. The lowest BCUT2D eigenvalue weighted by molar-refractivity contribution is -0.118. The molecule has 9 heteroatoms. The average molecular weight is 515 g/mol. The van der Waals surface area contributed by atoms with Gasteiger partial charge in [0.05, 0.1) is 4.90 Å². The summed E-state index contributed by atoms with van der Waals surface area (Å²) in [4.78, 5) is 29.0. The molecule has 2 aromatic rings. The summed E-state index contributed by atoms with van der Waals surface area (Å²) in [5.41, 5.74) is 4.19. The topological polar surface area (TPSA) is 98.8 Å². The number of nitrogens with one attached hydrogen (secondary N) is 2. The van der Waals surface area contributed by atoms with E-state index in [2.05, 4.69) is 28.8 Å². The third-order valence-corrected chi connectivity index (χ3v) is 8.02. The normalized spacial score (nSPS) is 14.0. The van der Waals surface area contributed by atoms with E-state index in [0.717, 1.165) is 35.6 Å². The lowest BCUT2D eigenvalue weighted by atomic mass is 10.0. The first-order valence-electron chi connectivity index (χ1n) is 12.6. The molecule has 1 aliphatic heterocycles. The van der Waals surface area contributed by atoms with Crippen molar-refractivity contribution in [3.63, 3.8) is 0 Å². The molecule has 0 saturated heterocycles. The number of carbonyl (C=O) groups is 2. The Morgan fingerprint density at radius 3 is 2.36 bits per heavy atom. The van der Waals surface area contributed by atoms with Crippen LogP contribution in [-0.2, 0) is 26.0 Å². The van der Waals surface area contributed by atoms with Gasteiger partial charge in [0.25, 0.3) is 0 Å². The predicted octanol–water partition coefficient (Wildman–Crippen LogP) is 4.08. The van der Waals surface area contributed by atoms with Gasteiger partial charge in [-0.15, -0.1) is 0 Å². The van der Waals surface area contributed by atoms with Crippen LogP contribution in [0.15, 0.2) is 41.3 Å². The van der Waals surface area contributed by atoms with E-state index in [1.807, 2.05) is 39.0 Å². The molecule has 2 amide bonds. The van der Waals surface area contributed by atoms with Crippen molar-refractivity contribution in [1.29, 1.82) is 0 Å². The minimum absolute atomic E-state index is 0.0726. The van der Waals surface area contributed by atoms with Crippen molar-refractivity contribution in [2.75, 3.05) is 34.8 Å². The van der Waals surface area contributed by atoms with Gasteiger partial charge in [-0.3, -0.25) is 9.59 Å². The van der Waals surface area contributed by atoms with Gasteiger partial charge in [0.15, 0.2) is 0 Å². The van der Waals surface area contributed by atoms with Crippen LogP contribution >= 0.6 is 0 Å². The fourth-order valence-electron chi connectivity index (χ4n) is 4.60. The zero-order valence-electron chi connectivity index (χ0n) is 22.1. The summed E-state index contributed by atoms with van der Waals surface area (Å²) in [5, 5.41) is 2.92. The van der Waals surface area contributed by atoms with Crippen LogP contribution in [-0.4, -0.2) is 45.9 Å². The highest BCUT2D eigenvalue weighted by atomic mass is 32.2. The summed E-state index contributed by atoms with van der Waals surface area (Å²) >= 11 is 0. The molecule has 3 rings (SSSR count). The number of nitrogens with zero attached hydrogens (tertiary/aromatic N) is 2. The van der Waals surface area contributed by atoms with Crippen molar-refractivity contribution in [2.45, 2.75) is 65.3 Å². The molecule has 0 saturated carbocycles. The summed E-state index contributed by atoms with van der Waals surface area (Å²) in [5.74, 6) is -0.370. The SMILES string of the molecule is CCN(CC)c1ccc(NC(=O)C(CC(C)C)NS(=O)(=O)c2ccc3c(c2)CCN3C(C)=O)c(C)c1. The van der Waals surface area contributed by atoms with Gasteiger partial charge in [0, 0.05) is 43.6 Å². The van der Waals surface area contributed by atoms with E-state index in [1.165, 1.54) is 13.0 Å². The number of carbonyl (C=O) groups excluding carboxylic acids is 2. The van der Waals surface area contributed by atoms with Crippen LogP contribution in [0.4, 0.5) is 17.1 Å². The van der Waals surface area contributed by atoms with Crippen molar-refractivity contribution in [1.82, 2.24) is 4.72 Å². The number of benzene rings is 2. The monoisotopic (exact) mass is 514 g/mol. The van der Waals surface area contributed by atoms with Gasteiger partial charge >= 0.3 is 0 Å². The van der Waals surface area contributed by atoms with Crippen molar-refractivity contribution in [3.8, 4) is 0 Å². The Hall–Kier alpha value is -2.91. The molecule has 2 N–H and O–H groups in total. The van der Waals surface area contributed by atoms with Gasteiger partial charge in [-0.05, 0) is 87.1 Å². The van der Waals surface area contributed by atoms with E-state index < -0.39 is 22.0 Å². The van der Waals surface area contributed by atoms with Gasteiger partial charge in [-0.25, -0.2) is 8.42 Å². The molecule has 196 valence electrons. The van der Waals surface area contributed by atoms with E-state index in [-0.39, 0.29) is 16.7 Å². The molecule has 0 fully saturated rings. The molecule has 0 bridgehead atoms. The van der Waals surface area contributed by atoms with Gasteiger partial charge < -0.3 is 15.1 Å². The average Bonchev–Trinajstić information content (AvgIpc) is 3.24. The number of hydrogen-bond donors (Lipinski definition) is 2. The summed E-state index contributed by atoms with van der Waals surface area (Å²) in [6, 6.07) is 9.67. The van der Waals surface area contributed by atoms with E-state index >= 15 is 0 Å². The maximum Gasteiger partial charge on any atom is 0.242 e. The molecule has 1 unspecified atom stereocenters. The van der Waals surface area contributed by atoms with Crippen molar-refractivity contribution in [3.05, 3.63) is 47.5 Å². The molecule has 0 aromatic heterocycles. The Bertz CT molecular complexity index is 1220. The Labute approximate surface area is 215 Å². The van der Waals surface area contributed by atoms with Gasteiger partial charge in [0.1, 0.15) is 6.04 Å². The number of anilines is 3. The molecule has 0 radical (unpaired) electrons. The van der Waals surface area contributed by atoms with Crippen molar-refractivity contribution >= 4 is 38.9 Å². The Morgan fingerprint density at radius 1 is 1.08 bits per heavy atom. The van der Waals surface area contributed by atoms with Crippen molar-refractivity contribution < 1.29 is 18.0 Å². The van der Waals surface area contributed by atoms with Gasteiger partial charge in [-0.2, -0.15) is 4.72 Å². The van der Waals surface area contributed by atoms with Crippen LogP contribution in [0.5, 0.6) is 0 Å². The molecule has 0 aliphatic carbocycles. The molecule has 36 heavy (non-hydrogen) atoms. The fourth-order valence-corrected chi connectivity index (χ4v) is 5.86. The van der Waals surface area contributed by atoms with E-state index in [9.17, 15) is 18.0 Å². The number of sulfonamides is 1. The third-order valence-electron chi connectivity index (χ3n) is 6.55. The largest absolute Gasteiger partial charge is 0.372 e. The van der Waals surface area contributed by atoms with Crippen LogP contribution in [0.3, 0.4) is 0 Å². The molecule has 2 aromatic carbocycles. The summed E-state index contributed by atoms with van der Waals surface area (Å²) in [6.07, 6.45) is 0.946. The molecule has 1 heterocycles. The van der Waals surface area contributed by atoms with Crippen LogP contribution in [0.2, 0.25) is 0 Å². The first-order valence-corrected chi connectivity index (χ1v) is 14.0. The number of hydrogen-bond acceptors (Lipinski definition) is 5. The first kappa shape index (κ1) is 27.7. The van der Waals surface area contributed by atoms with E-state index in [1.54, 1.807) is 17.0 Å². The summed E-state index contributed by atoms with van der Waals surface area (Å²) < 4.78 is 29.2. The molecule has 8 nitrogen and oxygen atoms in total. The summed E-state index contributed by atoms with van der Waals surface area (Å²) in [7, 11) is -3.96.